The molecule has 1 aliphatic heterocycles. The molecule has 1 fully saturated rings. The molecule has 0 aromatic heterocycles. The van der Waals surface area contributed by atoms with Crippen LogP contribution in [0.2, 0.25) is 0 Å². The molecule has 5 nitrogen and oxygen atoms in total. The van der Waals surface area contributed by atoms with Gasteiger partial charge in [-0.15, -0.1) is 0 Å². The van der Waals surface area contributed by atoms with Gasteiger partial charge in [0.2, 0.25) is 0 Å². The van der Waals surface area contributed by atoms with Crippen LogP contribution in [0, 0.1) is 0 Å². The Balaban J connectivity index is 0.000000290. The minimum absolute atomic E-state index is 0.639. The smallest absolute Gasteiger partial charge is 0.150 e. The Kier molecular flexibility index (Phi) is 13.2. The molecular weight excluding hydrogens is 382 g/mol. The Morgan fingerprint density at radius 1 is 1.00 bits per heavy atom. The Labute approximate surface area is 178 Å². The third-order valence-electron chi connectivity index (χ3n) is 4.27. The first-order valence-corrected chi connectivity index (χ1v) is 10.4. The lowest BCUT2D eigenvalue weighted by Crippen LogP contribution is -2.38. The first-order valence-electron chi connectivity index (χ1n) is 9.61. The van der Waals surface area contributed by atoms with Gasteiger partial charge in [-0.2, -0.15) is 0 Å². The summed E-state index contributed by atoms with van der Waals surface area (Å²) in [6.45, 7) is 5.45. The van der Waals surface area contributed by atoms with E-state index in [1.807, 2.05) is 37.2 Å². The van der Waals surface area contributed by atoms with Gasteiger partial charge in [0.25, 0.3) is 0 Å². The number of hydrogen-bond donors (Lipinski definition) is 2. The predicted molar refractivity (Wildman–Crippen MR) is 124 cm³/mol. The number of allylic oxidation sites excluding steroid dienone is 1. The van der Waals surface area contributed by atoms with Crippen LogP contribution in [0.15, 0.2) is 72.1 Å². The van der Waals surface area contributed by atoms with Crippen LogP contribution >= 0.6 is 11.9 Å². The number of piperidine rings is 1. The Morgan fingerprint density at radius 2 is 1.59 bits per heavy atom. The van der Waals surface area contributed by atoms with Crippen molar-refractivity contribution in [3.8, 4) is 0 Å². The minimum atomic E-state index is 0.639. The van der Waals surface area contributed by atoms with E-state index < -0.39 is 0 Å². The summed E-state index contributed by atoms with van der Waals surface area (Å²) < 4.78 is 2.46. The number of carbonyl (C=O) groups is 2. The van der Waals surface area contributed by atoms with Crippen molar-refractivity contribution < 1.29 is 9.59 Å². The lowest BCUT2D eigenvalue weighted by atomic mass is 10.1. The molecule has 0 aliphatic carbocycles. The number of hydrogen-bond acceptors (Lipinski definition) is 6. The first kappa shape index (κ1) is 24.6. The second-order valence-electron chi connectivity index (χ2n) is 6.26. The molecule has 0 bridgehead atoms. The summed E-state index contributed by atoms with van der Waals surface area (Å²) in [4.78, 5) is 20.4. The van der Waals surface area contributed by atoms with Crippen molar-refractivity contribution in [1.29, 1.82) is 0 Å². The highest BCUT2D eigenvalue weighted by Crippen LogP contribution is 2.27. The molecule has 0 atom stereocenters. The summed E-state index contributed by atoms with van der Waals surface area (Å²) in [7, 11) is 4.01. The number of nitrogens with one attached hydrogen (secondary N) is 2. The molecule has 6 heteroatoms. The number of aldehydes is 2. The summed E-state index contributed by atoms with van der Waals surface area (Å²) in [6.07, 6.45) is 5.16. The fourth-order valence-corrected chi connectivity index (χ4v) is 3.55. The molecule has 0 saturated carbocycles. The zero-order valence-electron chi connectivity index (χ0n) is 17.2. The van der Waals surface area contributed by atoms with Crippen molar-refractivity contribution in [3.63, 3.8) is 0 Å². The Bertz CT molecular complexity index is 694. The number of anilines is 1. The number of nitrogens with zero attached hydrogens (tertiary/aromatic N) is 1. The van der Waals surface area contributed by atoms with Crippen LogP contribution in [-0.2, 0) is 4.79 Å². The van der Waals surface area contributed by atoms with Crippen LogP contribution in [0.4, 0.5) is 5.69 Å². The lowest BCUT2D eigenvalue weighted by Gasteiger charge is -2.30. The maximum atomic E-state index is 10.0. The van der Waals surface area contributed by atoms with Gasteiger partial charge in [0.1, 0.15) is 12.6 Å². The molecule has 1 aliphatic rings. The number of rotatable bonds is 6. The SMILES string of the molecule is C=CC=O.CNc1ccc(SN2CCC(NC)CC2)cc1.O=Cc1ccccc1. The molecular formula is C23H31N3O2S. The van der Waals surface area contributed by atoms with Gasteiger partial charge in [-0.25, -0.2) is 4.31 Å². The van der Waals surface area contributed by atoms with Gasteiger partial charge in [0.05, 0.1) is 0 Å². The second kappa shape index (κ2) is 15.5. The Hall–Kier alpha value is -2.41. The van der Waals surface area contributed by atoms with Crippen LogP contribution in [-0.4, -0.2) is 50.1 Å². The minimum Gasteiger partial charge on any atom is -0.388 e. The van der Waals surface area contributed by atoms with Gasteiger partial charge in [-0.1, -0.05) is 36.9 Å². The lowest BCUT2D eigenvalue weighted by molar-refractivity contribution is -0.104. The maximum Gasteiger partial charge on any atom is 0.150 e. The van der Waals surface area contributed by atoms with Gasteiger partial charge < -0.3 is 10.6 Å². The molecule has 1 heterocycles. The van der Waals surface area contributed by atoms with E-state index >= 15 is 0 Å². The van der Waals surface area contributed by atoms with Crippen molar-refractivity contribution >= 4 is 30.2 Å². The van der Waals surface area contributed by atoms with Crippen molar-refractivity contribution in [2.24, 2.45) is 0 Å². The van der Waals surface area contributed by atoms with Crippen molar-refractivity contribution in [2.45, 2.75) is 23.8 Å². The summed E-state index contributed by atoms with van der Waals surface area (Å²) in [5.74, 6) is 0. The van der Waals surface area contributed by atoms with Crippen LogP contribution in [0.3, 0.4) is 0 Å². The Morgan fingerprint density at radius 3 is 2.00 bits per heavy atom. The summed E-state index contributed by atoms with van der Waals surface area (Å²) >= 11 is 1.87. The van der Waals surface area contributed by atoms with Crippen LogP contribution in [0.1, 0.15) is 23.2 Å². The van der Waals surface area contributed by atoms with Crippen molar-refractivity contribution in [1.82, 2.24) is 9.62 Å². The van der Waals surface area contributed by atoms with Gasteiger partial charge in [-0.05, 0) is 62.2 Å². The zero-order chi connectivity index (χ0) is 21.3. The van der Waals surface area contributed by atoms with E-state index in [-0.39, 0.29) is 0 Å². The van der Waals surface area contributed by atoms with Crippen LogP contribution < -0.4 is 10.6 Å². The van der Waals surface area contributed by atoms with Gasteiger partial charge >= 0.3 is 0 Å². The van der Waals surface area contributed by atoms with E-state index in [9.17, 15) is 4.79 Å². The number of carbonyl (C=O) groups excluding carboxylic acids is 2. The number of benzene rings is 2. The van der Waals surface area contributed by atoms with Crippen molar-refractivity contribution in [3.05, 3.63) is 72.8 Å². The third-order valence-corrected chi connectivity index (χ3v) is 5.38. The molecule has 0 spiro atoms. The zero-order valence-corrected chi connectivity index (χ0v) is 18.0. The average molecular weight is 414 g/mol. The molecule has 2 aromatic carbocycles. The van der Waals surface area contributed by atoms with Crippen molar-refractivity contribution in [2.75, 3.05) is 32.5 Å². The van der Waals surface area contributed by atoms with E-state index in [4.69, 9.17) is 4.79 Å². The molecule has 1 saturated heterocycles. The fraction of sp³-hybridized carbons (Fsp3) is 0.304. The normalized spacial score (nSPS) is 13.7. The molecule has 3 rings (SSSR count). The third kappa shape index (κ3) is 10.6. The van der Waals surface area contributed by atoms with E-state index in [0.717, 1.165) is 11.8 Å². The molecule has 0 radical (unpaired) electrons. The first-order chi connectivity index (χ1) is 14.2. The molecule has 29 heavy (non-hydrogen) atoms. The predicted octanol–water partition coefficient (Wildman–Crippen LogP) is 4.29. The molecule has 0 unspecified atom stereocenters. The monoisotopic (exact) mass is 413 g/mol. The molecule has 156 valence electrons. The fourth-order valence-electron chi connectivity index (χ4n) is 2.60. The molecule has 2 aromatic rings. The highest BCUT2D eigenvalue weighted by molar-refractivity contribution is 7.97. The highest BCUT2D eigenvalue weighted by Gasteiger charge is 2.18. The van der Waals surface area contributed by atoms with E-state index in [2.05, 4.69) is 52.8 Å². The summed E-state index contributed by atoms with van der Waals surface area (Å²) in [6, 6.07) is 18.4. The van der Waals surface area contributed by atoms with E-state index in [1.165, 1.54) is 42.6 Å². The summed E-state index contributed by atoms with van der Waals surface area (Å²) in [5, 5.41) is 6.50. The van der Waals surface area contributed by atoms with Gasteiger partial charge in [0, 0.05) is 42.3 Å². The second-order valence-corrected chi connectivity index (χ2v) is 7.43. The topological polar surface area (TPSA) is 61.4 Å². The standard InChI is InChI=1S/C13H21N3S.C7H6O.C3H4O/c1-14-11-3-5-13(6-4-11)17-16-9-7-12(15-2)8-10-16;8-6-7-4-2-1-3-5-7;1-2-3-4/h3-6,12,14-15H,7-10H2,1-2H3;1-6H;2-3H,1H2. The maximum absolute atomic E-state index is 10.0. The summed E-state index contributed by atoms with van der Waals surface area (Å²) in [5.41, 5.74) is 1.90. The van der Waals surface area contributed by atoms with Crippen LogP contribution in [0.5, 0.6) is 0 Å². The van der Waals surface area contributed by atoms with Crippen LogP contribution in [0.25, 0.3) is 0 Å². The average Bonchev–Trinajstić information content (AvgIpc) is 2.81. The largest absolute Gasteiger partial charge is 0.388 e. The van der Waals surface area contributed by atoms with E-state index in [0.29, 0.717) is 12.3 Å². The van der Waals surface area contributed by atoms with E-state index in [1.54, 1.807) is 12.1 Å². The highest BCUT2D eigenvalue weighted by atomic mass is 32.2. The molecule has 2 N–H and O–H groups in total. The van der Waals surface area contributed by atoms with Gasteiger partial charge in [-0.3, -0.25) is 9.59 Å². The van der Waals surface area contributed by atoms with Gasteiger partial charge in [0.15, 0.2) is 0 Å². The quantitative estimate of drug-likeness (QED) is 0.419. The molecule has 0 amide bonds.